The van der Waals surface area contributed by atoms with Crippen molar-refractivity contribution in [1.82, 2.24) is 20.2 Å². The van der Waals surface area contributed by atoms with Crippen LogP contribution >= 0.6 is 0 Å². The zero-order valence-corrected chi connectivity index (χ0v) is 14.0. The van der Waals surface area contributed by atoms with Crippen LogP contribution in [0.5, 0.6) is 0 Å². The Hall–Kier alpha value is -3.55. The molecule has 2 aromatic carbocycles. The van der Waals surface area contributed by atoms with E-state index in [-0.39, 0.29) is 11.6 Å². The molecule has 0 bridgehead atoms. The van der Waals surface area contributed by atoms with Crippen molar-refractivity contribution in [3.8, 4) is 5.69 Å². The van der Waals surface area contributed by atoms with Gasteiger partial charge in [-0.15, -0.1) is 5.10 Å². The Kier molecular flexibility index (Phi) is 3.72. The minimum absolute atomic E-state index is 0.151. The molecule has 0 aliphatic carbocycles. The van der Waals surface area contributed by atoms with Gasteiger partial charge in [0.25, 0.3) is 5.91 Å². The van der Waals surface area contributed by atoms with Crippen LogP contribution < -0.4 is 5.32 Å². The molecule has 0 atom stereocenters. The fraction of sp³-hybridized carbons (Fsp3) is 0.111. The number of fused-ring (bicyclic) bond motifs is 1. The van der Waals surface area contributed by atoms with Gasteiger partial charge in [0.15, 0.2) is 5.76 Å². The fourth-order valence-corrected chi connectivity index (χ4v) is 2.76. The van der Waals surface area contributed by atoms with Gasteiger partial charge in [0.05, 0.1) is 5.69 Å². The van der Waals surface area contributed by atoms with Gasteiger partial charge in [-0.3, -0.25) is 4.79 Å². The molecular formula is C18H14FN5O2. The largest absolute Gasteiger partial charge is 0.451 e. The number of aryl methyl sites for hydroxylation is 2. The van der Waals surface area contributed by atoms with Crippen molar-refractivity contribution in [3.63, 3.8) is 0 Å². The van der Waals surface area contributed by atoms with Crippen LogP contribution in [0.25, 0.3) is 16.7 Å². The summed E-state index contributed by atoms with van der Waals surface area (Å²) in [6.45, 7) is 3.60. The Morgan fingerprint density at radius 3 is 2.81 bits per heavy atom. The second-order valence-corrected chi connectivity index (χ2v) is 5.90. The Bertz CT molecular complexity index is 1120. The molecule has 0 radical (unpaired) electrons. The first kappa shape index (κ1) is 15.9. The highest BCUT2D eigenvalue weighted by Gasteiger charge is 2.19. The number of furan rings is 1. The molecule has 0 saturated carbocycles. The number of tetrazole rings is 1. The zero-order chi connectivity index (χ0) is 18.3. The Labute approximate surface area is 147 Å². The van der Waals surface area contributed by atoms with E-state index in [2.05, 4.69) is 20.8 Å². The third-order valence-corrected chi connectivity index (χ3v) is 4.19. The number of hydrogen-bond acceptors (Lipinski definition) is 5. The summed E-state index contributed by atoms with van der Waals surface area (Å²) >= 11 is 0. The zero-order valence-electron chi connectivity index (χ0n) is 14.0. The second kappa shape index (κ2) is 6.07. The van der Waals surface area contributed by atoms with E-state index in [1.807, 2.05) is 19.1 Å². The third-order valence-electron chi connectivity index (χ3n) is 4.19. The highest BCUT2D eigenvalue weighted by Crippen LogP contribution is 2.27. The Balaban J connectivity index is 1.68. The van der Waals surface area contributed by atoms with E-state index in [9.17, 15) is 9.18 Å². The maximum atomic E-state index is 13.4. The van der Waals surface area contributed by atoms with Crippen molar-refractivity contribution >= 4 is 22.6 Å². The van der Waals surface area contributed by atoms with E-state index < -0.39 is 5.91 Å². The molecule has 4 aromatic rings. The van der Waals surface area contributed by atoms with Gasteiger partial charge < -0.3 is 9.73 Å². The number of anilines is 1. The summed E-state index contributed by atoms with van der Waals surface area (Å²) in [7, 11) is 0. The summed E-state index contributed by atoms with van der Waals surface area (Å²) < 4.78 is 20.5. The Morgan fingerprint density at radius 1 is 1.19 bits per heavy atom. The smallest absolute Gasteiger partial charge is 0.291 e. The number of nitrogens with zero attached hydrogens (tertiary/aromatic N) is 4. The van der Waals surface area contributed by atoms with Gasteiger partial charge in [-0.05, 0) is 60.2 Å². The molecule has 0 spiro atoms. The summed E-state index contributed by atoms with van der Waals surface area (Å²) in [6, 6.07) is 9.63. The standard InChI is InChI=1S/C18H14FN5O2/c1-10-3-5-13(24-9-20-22-23-24)8-15(10)21-18(25)17-11(2)14-7-12(19)4-6-16(14)26-17/h3-9H,1-2H3,(H,21,25). The molecule has 7 nitrogen and oxygen atoms in total. The number of benzene rings is 2. The summed E-state index contributed by atoms with van der Waals surface area (Å²) in [5, 5.41) is 14.5. The van der Waals surface area contributed by atoms with Crippen molar-refractivity contribution in [2.45, 2.75) is 13.8 Å². The van der Waals surface area contributed by atoms with Crippen molar-refractivity contribution in [3.05, 3.63) is 65.4 Å². The van der Waals surface area contributed by atoms with Gasteiger partial charge in [0, 0.05) is 16.6 Å². The molecule has 8 heteroatoms. The van der Waals surface area contributed by atoms with Gasteiger partial charge in [-0.25, -0.2) is 9.07 Å². The SMILES string of the molecule is Cc1ccc(-n2cnnn2)cc1NC(=O)c1oc2ccc(F)cc2c1C. The van der Waals surface area contributed by atoms with Gasteiger partial charge in [-0.2, -0.15) is 0 Å². The van der Waals surface area contributed by atoms with Crippen LogP contribution in [0.3, 0.4) is 0 Å². The quantitative estimate of drug-likeness (QED) is 0.611. The summed E-state index contributed by atoms with van der Waals surface area (Å²) in [5.41, 5.74) is 3.24. The normalized spacial score (nSPS) is 11.0. The average Bonchev–Trinajstić information content (AvgIpc) is 3.26. The predicted molar refractivity (Wildman–Crippen MR) is 92.8 cm³/mol. The molecule has 0 saturated heterocycles. The van der Waals surface area contributed by atoms with E-state index in [0.29, 0.717) is 27.9 Å². The van der Waals surface area contributed by atoms with Crippen LogP contribution in [0.4, 0.5) is 10.1 Å². The first-order valence-corrected chi connectivity index (χ1v) is 7.87. The van der Waals surface area contributed by atoms with Crippen molar-refractivity contribution in [2.75, 3.05) is 5.32 Å². The lowest BCUT2D eigenvalue weighted by molar-refractivity contribution is 0.0998. The number of carbonyl (C=O) groups excluding carboxylic acids is 1. The first-order valence-electron chi connectivity index (χ1n) is 7.87. The van der Waals surface area contributed by atoms with Crippen molar-refractivity contribution in [2.24, 2.45) is 0 Å². The maximum Gasteiger partial charge on any atom is 0.291 e. The maximum absolute atomic E-state index is 13.4. The van der Waals surface area contributed by atoms with Crippen LogP contribution in [0.1, 0.15) is 21.7 Å². The van der Waals surface area contributed by atoms with Gasteiger partial charge in [0.2, 0.25) is 0 Å². The van der Waals surface area contributed by atoms with Gasteiger partial charge in [-0.1, -0.05) is 6.07 Å². The molecule has 0 aliphatic rings. The molecule has 2 aromatic heterocycles. The topological polar surface area (TPSA) is 85.8 Å². The summed E-state index contributed by atoms with van der Waals surface area (Å²) in [5.74, 6) is -0.632. The van der Waals surface area contributed by atoms with E-state index >= 15 is 0 Å². The van der Waals surface area contributed by atoms with Crippen molar-refractivity contribution in [1.29, 1.82) is 0 Å². The number of aromatic nitrogens is 4. The molecule has 0 fully saturated rings. The lowest BCUT2D eigenvalue weighted by atomic mass is 10.1. The average molecular weight is 351 g/mol. The monoisotopic (exact) mass is 351 g/mol. The third kappa shape index (κ3) is 2.71. The minimum atomic E-state index is -0.406. The molecule has 2 heterocycles. The van der Waals surface area contributed by atoms with Crippen LogP contribution in [-0.2, 0) is 0 Å². The molecule has 26 heavy (non-hydrogen) atoms. The molecule has 0 unspecified atom stereocenters. The molecule has 4 rings (SSSR count). The lowest BCUT2D eigenvalue weighted by Gasteiger charge is -2.09. The lowest BCUT2D eigenvalue weighted by Crippen LogP contribution is -2.13. The van der Waals surface area contributed by atoms with Gasteiger partial charge in [0.1, 0.15) is 17.7 Å². The predicted octanol–water partition coefficient (Wildman–Crippen LogP) is 3.42. The minimum Gasteiger partial charge on any atom is -0.451 e. The second-order valence-electron chi connectivity index (χ2n) is 5.90. The molecule has 130 valence electrons. The summed E-state index contributed by atoms with van der Waals surface area (Å²) in [6.07, 6.45) is 1.47. The number of halogens is 1. The first-order chi connectivity index (χ1) is 12.5. The van der Waals surface area contributed by atoms with Crippen LogP contribution in [-0.4, -0.2) is 26.1 Å². The summed E-state index contributed by atoms with van der Waals surface area (Å²) in [4.78, 5) is 12.7. The van der Waals surface area contributed by atoms with E-state index in [0.717, 1.165) is 5.56 Å². The van der Waals surface area contributed by atoms with Crippen LogP contribution in [0.2, 0.25) is 0 Å². The fourth-order valence-electron chi connectivity index (χ4n) is 2.76. The number of rotatable bonds is 3. The van der Waals surface area contributed by atoms with Crippen LogP contribution in [0, 0.1) is 19.7 Å². The highest BCUT2D eigenvalue weighted by molar-refractivity contribution is 6.06. The highest BCUT2D eigenvalue weighted by atomic mass is 19.1. The number of hydrogen-bond donors (Lipinski definition) is 1. The van der Waals surface area contributed by atoms with E-state index in [4.69, 9.17) is 4.42 Å². The van der Waals surface area contributed by atoms with E-state index in [1.165, 1.54) is 29.2 Å². The molecule has 0 aliphatic heterocycles. The molecular weight excluding hydrogens is 337 g/mol. The van der Waals surface area contributed by atoms with Crippen molar-refractivity contribution < 1.29 is 13.6 Å². The van der Waals surface area contributed by atoms with Crippen LogP contribution in [0.15, 0.2) is 47.1 Å². The van der Waals surface area contributed by atoms with E-state index in [1.54, 1.807) is 13.0 Å². The number of carbonyl (C=O) groups is 1. The number of amides is 1. The molecule has 1 N–H and O–H groups in total. The number of nitrogens with one attached hydrogen (secondary N) is 1. The van der Waals surface area contributed by atoms with Gasteiger partial charge >= 0.3 is 0 Å². The Morgan fingerprint density at radius 2 is 2.04 bits per heavy atom. The molecule has 1 amide bonds.